The van der Waals surface area contributed by atoms with Gasteiger partial charge >= 0.3 is 0 Å². The molecule has 0 saturated heterocycles. The van der Waals surface area contributed by atoms with Crippen molar-refractivity contribution in [3.8, 4) is 0 Å². The summed E-state index contributed by atoms with van der Waals surface area (Å²) in [5, 5.41) is 12.2. The lowest BCUT2D eigenvalue weighted by molar-refractivity contribution is -0.122. The summed E-state index contributed by atoms with van der Waals surface area (Å²) in [6.45, 7) is 0.776. The summed E-state index contributed by atoms with van der Waals surface area (Å²) >= 11 is 0. The van der Waals surface area contributed by atoms with Crippen LogP contribution in [-0.4, -0.2) is 30.2 Å². The van der Waals surface area contributed by atoms with Crippen molar-refractivity contribution in [3.05, 3.63) is 114 Å². The molecule has 0 aromatic heterocycles. The molecule has 1 amide bonds. The monoisotopic (exact) mass is 438 g/mol. The number of hydrogen-bond acceptors (Lipinski definition) is 3. The summed E-state index contributed by atoms with van der Waals surface area (Å²) in [5.41, 5.74) is 7.62. The third-order valence-electron chi connectivity index (χ3n) is 5.99. The lowest BCUT2D eigenvalue weighted by Gasteiger charge is -2.38. The van der Waals surface area contributed by atoms with Crippen molar-refractivity contribution in [2.45, 2.75) is 31.2 Å². The number of amides is 1. The van der Waals surface area contributed by atoms with E-state index in [1.165, 1.54) is 0 Å². The molecule has 0 aliphatic carbocycles. The fraction of sp³-hybridized carbons (Fsp3) is 0.241. The molecular weight excluding hydrogens is 408 g/mol. The third-order valence-corrected chi connectivity index (χ3v) is 5.99. The largest absolute Gasteiger partial charge is 0.396 e. The molecule has 4 rings (SSSR count). The van der Waals surface area contributed by atoms with Crippen molar-refractivity contribution in [3.63, 3.8) is 0 Å². The molecule has 1 aliphatic rings. The van der Waals surface area contributed by atoms with Crippen LogP contribution in [0, 0.1) is 0 Å². The Morgan fingerprint density at radius 2 is 1.48 bits per heavy atom. The normalized spacial score (nSPS) is 17.5. The average Bonchev–Trinajstić information content (AvgIpc) is 2.89. The maximum Gasteiger partial charge on any atom is 0.244 e. The Bertz CT molecular complexity index is 1090. The molecule has 0 bridgehead atoms. The summed E-state index contributed by atoms with van der Waals surface area (Å²) < 4.78 is 0. The molecule has 0 spiro atoms. The molecule has 0 fully saturated rings. The summed E-state index contributed by atoms with van der Waals surface area (Å²) in [6.07, 6.45) is 4.40. The van der Waals surface area contributed by atoms with Gasteiger partial charge in [-0.2, -0.15) is 0 Å². The second-order valence-corrected chi connectivity index (χ2v) is 8.20. The second-order valence-electron chi connectivity index (χ2n) is 8.20. The third kappa shape index (κ3) is 5.43. The van der Waals surface area contributed by atoms with E-state index in [4.69, 9.17) is 5.11 Å². The van der Waals surface area contributed by atoms with Crippen LogP contribution in [0.15, 0.2) is 103 Å². The van der Waals surface area contributed by atoms with E-state index in [9.17, 15) is 4.79 Å². The molecule has 2 N–H and O–H groups in total. The minimum Gasteiger partial charge on any atom is -0.396 e. The molecule has 0 radical (unpaired) electrons. The first kappa shape index (κ1) is 22.6. The highest BCUT2D eigenvalue weighted by molar-refractivity contribution is 5.92. The van der Waals surface area contributed by atoms with E-state index >= 15 is 0 Å². The minimum absolute atomic E-state index is 0.0112. The van der Waals surface area contributed by atoms with Crippen molar-refractivity contribution in [2.75, 3.05) is 18.1 Å². The van der Waals surface area contributed by atoms with Gasteiger partial charge in [0, 0.05) is 36.5 Å². The summed E-state index contributed by atoms with van der Waals surface area (Å²) in [6, 6.07) is 30.0. The smallest absolute Gasteiger partial charge is 0.244 e. The Morgan fingerprint density at radius 3 is 2.15 bits per heavy atom. The van der Waals surface area contributed by atoms with Crippen LogP contribution in [0.1, 0.15) is 36.3 Å². The molecule has 168 valence electrons. The number of nitrogens with one attached hydrogen (secondary N) is 1. The number of hydrogen-bond donors (Lipinski definition) is 2. The first-order valence-electron chi connectivity index (χ1n) is 11.6. The topological polar surface area (TPSA) is 52.6 Å². The van der Waals surface area contributed by atoms with E-state index in [0.717, 1.165) is 41.6 Å². The van der Waals surface area contributed by atoms with Gasteiger partial charge in [0.25, 0.3) is 0 Å². The molecule has 33 heavy (non-hydrogen) atoms. The summed E-state index contributed by atoms with van der Waals surface area (Å²) in [4.78, 5) is 15.7. The van der Waals surface area contributed by atoms with Gasteiger partial charge in [0.05, 0.1) is 0 Å². The van der Waals surface area contributed by atoms with E-state index < -0.39 is 6.04 Å². The van der Waals surface area contributed by atoms with E-state index in [-0.39, 0.29) is 18.4 Å². The number of carbonyl (C=O) groups is 1. The molecule has 2 atom stereocenters. The molecule has 1 heterocycles. The van der Waals surface area contributed by atoms with Gasteiger partial charge in [0.2, 0.25) is 5.91 Å². The number of rotatable bonds is 9. The van der Waals surface area contributed by atoms with E-state index in [1.807, 2.05) is 77.8 Å². The van der Waals surface area contributed by atoms with Crippen molar-refractivity contribution < 1.29 is 9.90 Å². The Morgan fingerprint density at radius 1 is 0.848 bits per heavy atom. The van der Waals surface area contributed by atoms with Crippen molar-refractivity contribution in [1.29, 1.82) is 0 Å². The number of aliphatic hydroxyl groups excluding tert-OH is 1. The Kier molecular flexibility index (Phi) is 7.76. The van der Waals surface area contributed by atoms with Crippen molar-refractivity contribution in [2.24, 2.45) is 0 Å². The van der Waals surface area contributed by atoms with Gasteiger partial charge in [-0.3, -0.25) is 4.79 Å². The van der Waals surface area contributed by atoms with Crippen molar-refractivity contribution >= 4 is 17.2 Å². The zero-order chi connectivity index (χ0) is 22.9. The first-order chi connectivity index (χ1) is 16.3. The van der Waals surface area contributed by atoms with Crippen LogP contribution in [0.4, 0.5) is 5.69 Å². The van der Waals surface area contributed by atoms with Gasteiger partial charge in [-0.25, -0.2) is 0 Å². The molecular formula is C29H30N2O2. The van der Waals surface area contributed by atoms with Crippen LogP contribution < -0.4 is 10.2 Å². The number of anilines is 1. The first-order valence-corrected chi connectivity index (χ1v) is 11.6. The molecule has 1 aliphatic heterocycles. The number of carbonyl (C=O) groups excluding carboxylic acids is 1. The molecule has 3 aromatic carbocycles. The standard InChI is InChI=1S/C29H30N2O2/c32-22-12-4-11-20-30-29(33)28-27(24-15-7-2-8-16-24)26(23-13-5-1-6-14-23)19-21-31(28)25-17-9-3-10-18-25/h1-3,5-10,13-18,21,27-28,32H,4,11-12,20,22H2,(H,30,33). The highest BCUT2D eigenvalue weighted by atomic mass is 16.2. The number of para-hydroxylation sites is 1. The van der Waals surface area contributed by atoms with Crippen LogP contribution in [0.2, 0.25) is 0 Å². The van der Waals surface area contributed by atoms with Gasteiger partial charge in [0.1, 0.15) is 6.04 Å². The fourth-order valence-electron chi connectivity index (χ4n) is 4.36. The molecule has 4 heteroatoms. The van der Waals surface area contributed by atoms with E-state index in [0.29, 0.717) is 6.54 Å². The van der Waals surface area contributed by atoms with E-state index in [1.54, 1.807) is 0 Å². The molecule has 3 aromatic rings. The maximum absolute atomic E-state index is 13.7. The molecule has 0 saturated carbocycles. The van der Waals surface area contributed by atoms with Gasteiger partial charge < -0.3 is 15.3 Å². The highest BCUT2D eigenvalue weighted by Gasteiger charge is 2.39. The van der Waals surface area contributed by atoms with Crippen LogP contribution >= 0.6 is 0 Å². The van der Waals surface area contributed by atoms with Crippen LogP contribution in [0.3, 0.4) is 0 Å². The predicted molar refractivity (Wildman–Crippen MR) is 134 cm³/mol. The lowest BCUT2D eigenvalue weighted by Crippen LogP contribution is -2.50. The van der Waals surface area contributed by atoms with Gasteiger partial charge in [-0.05, 0) is 42.5 Å². The number of nitrogens with zero attached hydrogens (tertiary/aromatic N) is 1. The molecule has 2 unspecified atom stereocenters. The van der Waals surface area contributed by atoms with E-state index in [2.05, 4.69) is 35.3 Å². The molecule has 4 nitrogen and oxygen atoms in total. The van der Waals surface area contributed by atoms with Gasteiger partial charge in [0.15, 0.2) is 0 Å². The zero-order valence-corrected chi connectivity index (χ0v) is 18.7. The average molecular weight is 439 g/mol. The number of aliphatic hydroxyl groups is 1. The Labute approximate surface area is 195 Å². The van der Waals surface area contributed by atoms with Gasteiger partial charge in [-0.1, -0.05) is 84.6 Å². The lowest BCUT2D eigenvalue weighted by atomic mass is 9.79. The van der Waals surface area contributed by atoms with Gasteiger partial charge in [-0.15, -0.1) is 0 Å². The maximum atomic E-state index is 13.7. The quantitative estimate of drug-likeness (QED) is 0.360. The Balaban J connectivity index is 1.76. The summed E-state index contributed by atoms with van der Waals surface area (Å²) in [7, 11) is 0. The van der Waals surface area contributed by atoms with Crippen molar-refractivity contribution in [1.82, 2.24) is 5.32 Å². The predicted octanol–water partition coefficient (Wildman–Crippen LogP) is 5.13. The zero-order valence-electron chi connectivity index (χ0n) is 18.7. The highest BCUT2D eigenvalue weighted by Crippen LogP contribution is 2.40. The van der Waals surface area contributed by atoms with Crippen LogP contribution in [-0.2, 0) is 4.79 Å². The number of benzene rings is 3. The minimum atomic E-state index is -0.455. The Hall–Kier alpha value is -3.59. The van der Waals surface area contributed by atoms with Crippen LogP contribution in [0.25, 0.3) is 5.57 Å². The second kappa shape index (κ2) is 11.3. The SMILES string of the molecule is O=C(NCCCCCO)C1C(c2ccccc2)C(c2ccccc2)=C=CN1c1ccccc1. The number of unbranched alkanes of at least 4 members (excludes halogenated alkanes) is 2. The van der Waals surface area contributed by atoms with Crippen LogP contribution in [0.5, 0.6) is 0 Å². The fourth-order valence-corrected chi connectivity index (χ4v) is 4.36. The summed E-state index contributed by atoms with van der Waals surface area (Å²) in [5.74, 6) is -0.195.